The number of halogens is 1. The normalized spacial score (nSPS) is 10.8. The second-order valence-electron chi connectivity index (χ2n) is 4.11. The molecule has 1 aromatic heterocycles. The minimum atomic E-state index is -3.80. The van der Waals surface area contributed by atoms with Crippen molar-refractivity contribution in [3.05, 3.63) is 42.0 Å². The second kappa shape index (κ2) is 5.95. The molecule has 21 heavy (non-hydrogen) atoms. The van der Waals surface area contributed by atoms with E-state index in [2.05, 4.69) is 21.7 Å². The van der Waals surface area contributed by atoms with Crippen LogP contribution in [0.3, 0.4) is 0 Å². The number of rotatable bonds is 3. The van der Waals surface area contributed by atoms with Gasteiger partial charge in [0.05, 0.1) is 17.4 Å². The fourth-order valence-electron chi connectivity index (χ4n) is 1.57. The highest BCUT2D eigenvalue weighted by molar-refractivity contribution is 7.92. The highest BCUT2D eigenvalue weighted by atomic mass is 32.2. The van der Waals surface area contributed by atoms with Crippen molar-refractivity contribution in [2.24, 2.45) is 7.05 Å². The highest BCUT2D eigenvalue weighted by Crippen LogP contribution is 2.18. The molecule has 0 saturated heterocycles. The van der Waals surface area contributed by atoms with E-state index in [4.69, 9.17) is 5.11 Å². The minimum Gasteiger partial charge on any atom is -0.384 e. The summed E-state index contributed by atoms with van der Waals surface area (Å²) in [5.41, 5.74) is 0.165. The number of aromatic nitrogens is 2. The van der Waals surface area contributed by atoms with Crippen molar-refractivity contribution >= 4 is 15.7 Å². The van der Waals surface area contributed by atoms with Crippen LogP contribution in [0.1, 0.15) is 5.56 Å². The van der Waals surface area contributed by atoms with Gasteiger partial charge >= 0.3 is 0 Å². The van der Waals surface area contributed by atoms with Gasteiger partial charge in [0, 0.05) is 13.2 Å². The molecule has 0 radical (unpaired) electrons. The minimum absolute atomic E-state index is 0.00248. The number of benzene rings is 1. The Morgan fingerprint density at radius 1 is 1.48 bits per heavy atom. The van der Waals surface area contributed by atoms with Crippen molar-refractivity contribution in [1.82, 2.24) is 9.78 Å². The fourth-order valence-corrected chi connectivity index (χ4v) is 2.60. The van der Waals surface area contributed by atoms with E-state index in [-0.39, 0.29) is 16.1 Å². The van der Waals surface area contributed by atoms with E-state index in [0.29, 0.717) is 0 Å². The zero-order valence-electron chi connectivity index (χ0n) is 11.0. The van der Waals surface area contributed by atoms with E-state index in [1.54, 1.807) is 7.05 Å². The smallest absolute Gasteiger partial charge is 0.265 e. The summed E-state index contributed by atoms with van der Waals surface area (Å²) in [6.07, 6.45) is 2.55. The molecule has 0 aliphatic rings. The van der Waals surface area contributed by atoms with Gasteiger partial charge in [-0.1, -0.05) is 11.8 Å². The average molecular weight is 309 g/mol. The van der Waals surface area contributed by atoms with E-state index in [1.165, 1.54) is 29.2 Å². The van der Waals surface area contributed by atoms with E-state index in [1.807, 2.05) is 0 Å². The molecule has 0 fully saturated rings. The summed E-state index contributed by atoms with van der Waals surface area (Å²) >= 11 is 0. The molecule has 2 N–H and O–H groups in total. The second-order valence-corrected chi connectivity index (χ2v) is 5.79. The number of sulfonamides is 1. The Morgan fingerprint density at radius 3 is 2.86 bits per heavy atom. The maximum absolute atomic E-state index is 13.5. The maximum atomic E-state index is 13.5. The standard InChI is InChI=1S/C13H12FN3O3S/c1-17-9-12(8-15-17)21(19,20)16-11-4-5-13(14)10(7-11)3-2-6-18/h4-5,7-9,16,18H,6H2,1H3. The van der Waals surface area contributed by atoms with Crippen LogP contribution in [-0.4, -0.2) is 29.9 Å². The molecular weight excluding hydrogens is 297 g/mol. The molecule has 2 aromatic rings. The molecule has 0 atom stereocenters. The molecule has 0 saturated carbocycles. The van der Waals surface area contributed by atoms with Crippen molar-refractivity contribution in [3.8, 4) is 11.8 Å². The van der Waals surface area contributed by atoms with E-state index < -0.39 is 22.4 Å². The number of anilines is 1. The van der Waals surface area contributed by atoms with Crippen LogP contribution in [0, 0.1) is 17.7 Å². The first kappa shape index (κ1) is 15.0. The van der Waals surface area contributed by atoms with Gasteiger partial charge in [-0.2, -0.15) is 5.10 Å². The largest absolute Gasteiger partial charge is 0.384 e. The number of hydrogen-bond donors (Lipinski definition) is 2. The zero-order chi connectivity index (χ0) is 15.5. The van der Waals surface area contributed by atoms with Crippen LogP contribution in [-0.2, 0) is 17.1 Å². The molecule has 8 heteroatoms. The van der Waals surface area contributed by atoms with Gasteiger partial charge in [0.1, 0.15) is 17.3 Å². The number of nitrogens with one attached hydrogen (secondary N) is 1. The lowest BCUT2D eigenvalue weighted by Gasteiger charge is -2.07. The summed E-state index contributed by atoms with van der Waals surface area (Å²) < 4.78 is 41.3. The SMILES string of the molecule is Cn1cc(S(=O)(=O)Nc2ccc(F)c(C#CCO)c2)cn1. The molecule has 2 rings (SSSR count). The van der Waals surface area contributed by atoms with Crippen LogP contribution in [0.15, 0.2) is 35.5 Å². The summed E-state index contributed by atoms with van der Waals surface area (Å²) in [5, 5.41) is 12.4. The van der Waals surface area contributed by atoms with Crippen molar-refractivity contribution in [1.29, 1.82) is 0 Å². The fraction of sp³-hybridized carbons (Fsp3) is 0.154. The molecule has 1 aromatic carbocycles. The summed E-state index contributed by atoms with van der Waals surface area (Å²) in [7, 11) is -2.20. The number of aliphatic hydroxyl groups is 1. The Hall–Kier alpha value is -2.37. The van der Waals surface area contributed by atoms with Crippen molar-refractivity contribution < 1.29 is 17.9 Å². The maximum Gasteiger partial charge on any atom is 0.265 e. The highest BCUT2D eigenvalue weighted by Gasteiger charge is 2.16. The van der Waals surface area contributed by atoms with E-state index in [0.717, 1.165) is 6.07 Å². The molecular formula is C13H12FN3O3S. The molecule has 6 nitrogen and oxygen atoms in total. The topological polar surface area (TPSA) is 84.2 Å². The van der Waals surface area contributed by atoms with Crippen LogP contribution in [0.2, 0.25) is 0 Å². The third-order valence-electron chi connectivity index (χ3n) is 2.51. The van der Waals surface area contributed by atoms with Crippen LogP contribution < -0.4 is 4.72 Å². The van der Waals surface area contributed by atoms with Crippen molar-refractivity contribution in [2.75, 3.05) is 11.3 Å². The van der Waals surface area contributed by atoms with E-state index >= 15 is 0 Å². The Bertz CT molecular complexity index is 819. The Morgan fingerprint density at radius 2 is 2.24 bits per heavy atom. The van der Waals surface area contributed by atoms with Crippen LogP contribution >= 0.6 is 0 Å². The number of hydrogen-bond acceptors (Lipinski definition) is 4. The number of aryl methyl sites for hydroxylation is 1. The van der Waals surface area contributed by atoms with Crippen molar-refractivity contribution in [2.45, 2.75) is 4.90 Å². The molecule has 0 amide bonds. The summed E-state index contributed by atoms with van der Waals surface area (Å²) in [5.74, 6) is 4.11. The third kappa shape index (κ3) is 3.59. The predicted molar refractivity (Wildman–Crippen MR) is 74.4 cm³/mol. The monoisotopic (exact) mass is 309 g/mol. The van der Waals surface area contributed by atoms with Gasteiger partial charge in [0.25, 0.3) is 10.0 Å². The Labute approximate surface area is 121 Å². The molecule has 110 valence electrons. The van der Waals surface area contributed by atoms with Gasteiger partial charge in [-0.3, -0.25) is 9.40 Å². The first-order valence-corrected chi connectivity index (χ1v) is 7.31. The molecule has 0 spiro atoms. The molecule has 1 heterocycles. The zero-order valence-corrected chi connectivity index (χ0v) is 11.9. The quantitative estimate of drug-likeness (QED) is 0.818. The van der Waals surface area contributed by atoms with Crippen LogP contribution in [0.4, 0.5) is 10.1 Å². The van der Waals surface area contributed by atoms with Gasteiger partial charge in [0.2, 0.25) is 0 Å². The van der Waals surface area contributed by atoms with Crippen LogP contribution in [0.5, 0.6) is 0 Å². The molecule has 0 aliphatic heterocycles. The van der Waals surface area contributed by atoms with Gasteiger partial charge in [-0.25, -0.2) is 12.8 Å². The number of aliphatic hydroxyl groups excluding tert-OH is 1. The van der Waals surface area contributed by atoms with Crippen LogP contribution in [0.25, 0.3) is 0 Å². The first-order valence-electron chi connectivity index (χ1n) is 5.83. The predicted octanol–water partition coefficient (Wildman–Crippen LogP) is 0.704. The van der Waals surface area contributed by atoms with Crippen molar-refractivity contribution in [3.63, 3.8) is 0 Å². The lowest BCUT2D eigenvalue weighted by Crippen LogP contribution is -2.12. The van der Waals surface area contributed by atoms with E-state index in [9.17, 15) is 12.8 Å². The first-order chi connectivity index (χ1) is 9.92. The van der Waals surface area contributed by atoms with Gasteiger partial charge < -0.3 is 5.11 Å². The summed E-state index contributed by atoms with van der Waals surface area (Å²) in [6.45, 7) is -0.412. The number of nitrogens with zero attached hydrogens (tertiary/aromatic N) is 2. The summed E-state index contributed by atoms with van der Waals surface area (Å²) in [6, 6.07) is 3.64. The molecule has 0 unspecified atom stereocenters. The molecule has 0 bridgehead atoms. The average Bonchev–Trinajstić information content (AvgIpc) is 2.86. The van der Waals surface area contributed by atoms with Gasteiger partial charge in [0.15, 0.2) is 0 Å². The Balaban J connectivity index is 2.31. The molecule has 0 aliphatic carbocycles. The van der Waals surface area contributed by atoms with Gasteiger partial charge in [-0.05, 0) is 18.2 Å². The lowest BCUT2D eigenvalue weighted by atomic mass is 10.2. The van der Waals surface area contributed by atoms with Gasteiger partial charge in [-0.15, -0.1) is 0 Å². The Kier molecular flexibility index (Phi) is 4.26. The lowest BCUT2D eigenvalue weighted by molar-refractivity contribution is 0.350. The third-order valence-corrected chi connectivity index (χ3v) is 3.85. The summed E-state index contributed by atoms with van der Waals surface area (Å²) in [4.78, 5) is -0.00248.